The monoisotopic (exact) mass is 424 g/mol. The molecular weight excluding hydrogens is 406 g/mol. The molecule has 0 bridgehead atoms. The predicted octanol–water partition coefficient (Wildman–Crippen LogP) is 3.70. The van der Waals surface area contributed by atoms with E-state index in [1.807, 2.05) is 0 Å². The van der Waals surface area contributed by atoms with E-state index in [2.05, 4.69) is 10.6 Å². The van der Waals surface area contributed by atoms with Crippen molar-refractivity contribution in [3.8, 4) is 0 Å². The Morgan fingerprint density at radius 3 is 2.31 bits per heavy atom. The van der Waals surface area contributed by atoms with E-state index >= 15 is 0 Å². The van der Waals surface area contributed by atoms with Crippen molar-refractivity contribution in [3.63, 3.8) is 0 Å². The Hall–Kier alpha value is -3.00. The molecule has 0 radical (unpaired) electrons. The van der Waals surface area contributed by atoms with Gasteiger partial charge in [0.25, 0.3) is 11.8 Å². The summed E-state index contributed by atoms with van der Waals surface area (Å²) in [5.41, 5.74) is -0.173. The highest BCUT2D eigenvalue weighted by molar-refractivity contribution is 6.30. The third kappa shape index (κ3) is 6.83. The predicted molar refractivity (Wildman–Crippen MR) is 104 cm³/mol. The van der Waals surface area contributed by atoms with E-state index in [-0.39, 0.29) is 25.3 Å². The molecule has 6 nitrogen and oxygen atoms in total. The molecule has 0 saturated carbocycles. The van der Waals surface area contributed by atoms with E-state index in [9.17, 15) is 23.2 Å². The fraction of sp³-hybridized carbons (Fsp3) is 0.250. The minimum absolute atomic E-state index is 0.0490. The molecule has 0 fully saturated rings. The van der Waals surface area contributed by atoms with E-state index in [1.54, 1.807) is 24.3 Å². The molecule has 0 spiro atoms. The van der Waals surface area contributed by atoms with Crippen LogP contribution in [0.15, 0.2) is 42.5 Å². The number of amides is 2. The number of rotatable bonds is 8. The highest BCUT2D eigenvalue weighted by Gasteiger charge is 2.20. The molecule has 2 aromatic carbocycles. The Bertz CT molecular complexity index is 870. The first-order chi connectivity index (χ1) is 13.8. The van der Waals surface area contributed by atoms with Crippen molar-refractivity contribution in [2.45, 2.75) is 25.9 Å². The van der Waals surface area contributed by atoms with Crippen LogP contribution in [0, 0.1) is 11.6 Å². The van der Waals surface area contributed by atoms with Crippen molar-refractivity contribution >= 4 is 35.1 Å². The van der Waals surface area contributed by atoms with Gasteiger partial charge in [-0.1, -0.05) is 17.7 Å². The van der Waals surface area contributed by atoms with Gasteiger partial charge in [0, 0.05) is 23.6 Å². The van der Waals surface area contributed by atoms with Crippen molar-refractivity contribution in [1.29, 1.82) is 0 Å². The molecule has 0 aliphatic heterocycles. The molecule has 1 atom stereocenters. The summed E-state index contributed by atoms with van der Waals surface area (Å²) in [5.74, 6) is -3.72. The first-order valence-electron chi connectivity index (χ1n) is 8.76. The number of carbonyl (C=O) groups is 3. The molecular formula is C20H19ClF2N2O4. The van der Waals surface area contributed by atoms with Crippen LogP contribution < -0.4 is 10.6 Å². The summed E-state index contributed by atoms with van der Waals surface area (Å²) in [6.45, 7) is 1.51. The number of nitrogens with one attached hydrogen (secondary N) is 2. The summed E-state index contributed by atoms with van der Waals surface area (Å²) in [7, 11) is 0. The fourth-order valence-corrected chi connectivity index (χ4v) is 2.42. The van der Waals surface area contributed by atoms with Gasteiger partial charge in [0.2, 0.25) is 0 Å². The summed E-state index contributed by atoms with van der Waals surface area (Å²) in [6, 6.07) is 9.48. The van der Waals surface area contributed by atoms with Gasteiger partial charge in [-0.25, -0.2) is 8.78 Å². The van der Waals surface area contributed by atoms with Gasteiger partial charge in [-0.2, -0.15) is 0 Å². The Morgan fingerprint density at radius 1 is 1.07 bits per heavy atom. The van der Waals surface area contributed by atoms with Gasteiger partial charge in [0.05, 0.1) is 0 Å². The van der Waals surface area contributed by atoms with Crippen LogP contribution in [-0.4, -0.2) is 30.4 Å². The second kappa shape index (κ2) is 10.5. The first kappa shape index (κ1) is 22.3. The van der Waals surface area contributed by atoms with Gasteiger partial charge in [-0.15, -0.1) is 0 Å². The second-order valence-corrected chi connectivity index (χ2v) is 6.52. The number of para-hydroxylation sites is 1. The molecule has 0 aliphatic rings. The minimum atomic E-state index is -1.25. The van der Waals surface area contributed by atoms with E-state index in [4.69, 9.17) is 16.3 Å². The Kier molecular flexibility index (Phi) is 8.09. The molecule has 2 amide bonds. The lowest BCUT2D eigenvalue weighted by molar-refractivity contribution is -0.153. The van der Waals surface area contributed by atoms with Crippen LogP contribution in [0.4, 0.5) is 14.5 Å². The normalized spacial score (nSPS) is 11.4. The van der Waals surface area contributed by atoms with E-state index < -0.39 is 35.3 Å². The van der Waals surface area contributed by atoms with Gasteiger partial charge >= 0.3 is 5.97 Å². The summed E-state index contributed by atoms with van der Waals surface area (Å²) < 4.78 is 32.0. The zero-order valence-corrected chi connectivity index (χ0v) is 16.3. The summed E-state index contributed by atoms with van der Waals surface area (Å²) in [4.78, 5) is 35.7. The standard InChI is InChI=1S/C20H19ClF2N2O4/c1-12(19(27)25-18-15(22)4-2-5-16(18)23)29-17(26)6-3-11-24-20(28)13-7-9-14(21)10-8-13/h2,4-5,7-10,12H,3,6,11H2,1H3,(H,24,28)(H,25,27). The van der Waals surface area contributed by atoms with Crippen LogP contribution in [0.2, 0.25) is 5.02 Å². The maximum Gasteiger partial charge on any atom is 0.306 e. The van der Waals surface area contributed by atoms with Crippen LogP contribution in [0.1, 0.15) is 30.1 Å². The number of hydrogen-bond donors (Lipinski definition) is 2. The van der Waals surface area contributed by atoms with Gasteiger partial charge in [0.15, 0.2) is 6.10 Å². The van der Waals surface area contributed by atoms with Crippen molar-refractivity contribution in [2.24, 2.45) is 0 Å². The smallest absolute Gasteiger partial charge is 0.306 e. The molecule has 1 unspecified atom stereocenters. The molecule has 2 N–H and O–H groups in total. The van der Waals surface area contributed by atoms with Crippen LogP contribution in [0.5, 0.6) is 0 Å². The highest BCUT2D eigenvalue weighted by atomic mass is 35.5. The minimum Gasteiger partial charge on any atom is -0.453 e. The molecule has 9 heteroatoms. The molecule has 0 aromatic heterocycles. The second-order valence-electron chi connectivity index (χ2n) is 6.08. The lowest BCUT2D eigenvalue weighted by atomic mass is 10.2. The number of ether oxygens (including phenoxy) is 1. The maximum atomic E-state index is 13.5. The quantitative estimate of drug-likeness (QED) is 0.500. The molecule has 2 rings (SSSR count). The molecule has 29 heavy (non-hydrogen) atoms. The average molecular weight is 425 g/mol. The average Bonchev–Trinajstić information content (AvgIpc) is 2.68. The molecule has 0 heterocycles. The van der Waals surface area contributed by atoms with Crippen LogP contribution in [0.25, 0.3) is 0 Å². The van der Waals surface area contributed by atoms with Gasteiger partial charge < -0.3 is 15.4 Å². The fourth-order valence-electron chi connectivity index (χ4n) is 2.29. The molecule has 2 aromatic rings. The summed E-state index contributed by atoms with van der Waals surface area (Å²) in [6.07, 6.45) is -1.01. The SMILES string of the molecule is CC(OC(=O)CCCNC(=O)c1ccc(Cl)cc1)C(=O)Nc1c(F)cccc1F. The lowest BCUT2D eigenvalue weighted by Crippen LogP contribution is -2.31. The number of carbonyl (C=O) groups excluding carboxylic acids is 3. The zero-order valence-electron chi connectivity index (χ0n) is 15.5. The summed E-state index contributed by atoms with van der Waals surface area (Å²) in [5, 5.41) is 5.21. The third-order valence-corrected chi connectivity index (χ3v) is 4.09. The van der Waals surface area contributed by atoms with E-state index in [0.29, 0.717) is 10.6 Å². The van der Waals surface area contributed by atoms with E-state index in [0.717, 1.165) is 18.2 Å². The number of hydrogen-bond acceptors (Lipinski definition) is 4. The highest BCUT2D eigenvalue weighted by Crippen LogP contribution is 2.18. The van der Waals surface area contributed by atoms with Crippen molar-refractivity contribution in [2.75, 3.05) is 11.9 Å². The Balaban J connectivity index is 1.72. The van der Waals surface area contributed by atoms with E-state index in [1.165, 1.54) is 6.92 Å². The van der Waals surface area contributed by atoms with Gasteiger partial charge in [-0.05, 0) is 49.7 Å². The largest absolute Gasteiger partial charge is 0.453 e. The number of anilines is 1. The van der Waals surface area contributed by atoms with Crippen molar-refractivity contribution in [3.05, 3.63) is 64.7 Å². The van der Waals surface area contributed by atoms with Gasteiger partial charge in [0.1, 0.15) is 17.3 Å². The van der Waals surface area contributed by atoms with Crippen LogP contribution in [-0.2, 0) is 14.3 Å². The number of halogens is 3. The number of benzene rings is 2. The zero-order chi connectivity index (χ0) is 21.4. The molecule has 154 valence electrons. The first-order valence-corrected chi connectivity index (χ1v) is 9.14. The number of esters is 1. The maximum absolute atomic E-state index is 13.5. The summed E-state index contributed by atoms with van der Waals surface area (Å²) >= 11 is 5.75. The lowest BCUT2D eigenvalue weighted by Gasteiger charge is -2.14. The topological polar surface area (TPSA) is 84.5 Å². The Labute approximate surface area is 171 Å². The Morgan fingerprint density at radius 2 is 1.69 bits per heavy atom. The van der Waals surface area contributed by atoms with Crippen molar-refractivity contribution in [1.82, 2.24) is 5.32 Å². The van der Waals surface area contributed by atoms with Crippen LogP contribution in [0.3, 0.4) is 0 Å². The molecule has 0 saturated heterocycles. The van der Waals surface area contributed by atoms with Crippen LogP contribution >= 0.6 is 11.6 Å². The third-order valence-electron chi connectivity index (χ3n) is 3.84. The van der Waals surface area contributed by atoms with Crippen molar-refractivity contribution < 1.29 is 27.9 Å². The molecule has 0 aliphatic carbocycles. The van der Waals surface area contributed by atoms with Gasteiger partial charge in [-0.3, -0.25) is 14.4 Å².